The van der Waals surface area contributed by atoms with E-state index in [1.54, 1.807) is 17.1 Å². The van der Waals surface area contributed by atoms with Crippen LogP contribution in [-0.2, 0) is 0 Å². The van der Waals surface area contributed by atoms with Crippen molar-refractivity contribution in [1.82, 2.24) is 14.8 Å². The smallest absolute Gasteiger partial charge is 0.127 e. The van der Waals surface area contributed by atoms with Gasteiger partial charge < -0.3 is 5.73 Å². The van der Waals surface area contributed by atoms with Crippen LogP contribution in [0, 0.1) is 6.92 Å². The molecule has 0 aliphatic heterocycles. The van der Waals surface area contributed by atoms with Gasteiger partial charge >= 0.3 is 0 Å². The minimum atomic E-state index is 0.614. The van der Waals surface area contributed by atoms with Crippen LogP contribution < -0.4 is 5.73 Å². The maximum absolute atomic E-state index is 6.03. The predicted octanol–water partition coefficient (Wildman–Crippen LogP) is 2.82. The lowest BCUT2D eigenvalue weighted by Gasteiger charge is -2.02. The molecule has 0 unspecified atom stereocenters. The van der Waals surface area contributed by atoms with E-state index in [1.807, 2.05) is 30.3 Å². The fourth-order valence-electron chi connectivity index (χ4n) is 2.03. The highest BCUT2D eigenvalue weighted by atomic mass is 15.3. The normalized spacial score (nSPS) is 10.6. The third-order valence-electron chi connectivity index (χ3n) is 2.96. The summed E-state index contributed by atoms with van der Waals surface area (Å²) in [5.74, 6) is 0.614. The highest BCUT2D eigenvalue weighted by Crippen LogP contribution is 2.23. The Bertz CT molecular complexity index is 701. The number of benzene rings is 1. The van der Waals surface area contributed by atoms with E-state index < -0.39 is 0 Å². The van der Waals surface area contributed by atoms with Crippen molar-refractivity contribution < 1.29 is 0 Å². The molecule has 2 N–H and O–H groups in total. The van der Waals surface area contributed by atoms with Crippen molar-refractivity contribution in [2.24, 2.45) is 0 Å². The number of hydrogen-bond acceptors (Lipinski definition) is 3. The summed E-state index contributed by atoms with van der Waals surface area (Å²) in [4.78, 5) is 4.00. The lowest BCUT2D eigenvalue weighted by Crippen LogP contribution is -2.01. The summed E-state index contributed by atoms with van der Waals surface area (Å²) in [5, 5.41) is 4.56. The van der Waals surface area contributed by atoms with Crippen LogP contribution in [-0.4, -0.2) is 14.8 Å². The molecule has 3 rings (SSSR count). The molecule has 4 nitrogen and oxygen atoms in total. The second kappa shape index (κ2) is 4.57. The van der Waals surface area contributed by atoms with Crippen molar-refractivity contribution in [3.8, 4) is 16.9 Å². The summed E-state index contributed by atoms with van der Waals surface area (Å²) in [6.07, 6.45) is 3.45. The number of aryl methyl sites for hydroxylation is 1. The maximum atomic E-state index is 6.03. The molecule has 0 saturated carbocycles. The number of anilines is 1. The van der Waals surface area contributed by atoms with Gasteiger partial charge in [-0.05, 0) is 25.1 Å². The number of rotatable bonds is 2. The first kappa shape index (κ1) is 11.5. The molecule has 0 fully saturated rings. The molecule has 1 aromatic carbocycles. The van der Waals surface area contributed by atoms with E-state index in [4.69, 9.17) is 5.73 Å². The van der Waals surface area contributed by atoms with Gasteiger partial charge in [0, 0.05) is 24.0 Å². The van der Waals surface area contributed by atoms with Crippen LogP contribution in [0.4, 0.5) is 5.82 Å². The second-order valence-corrected chi connectivity index (χ2v) is 4.44. The molecule has 0 radical (unpaired) electrons. The fourth-order valence-corrected chi connectivity index (χ4v) is 2.03. The lowest BCUT2D eigenvalue weighted by atomic mass is 10.1. The Morgan fingerprint density at radius 3 is 2.58 bits per heavy atom. The van der Waals surface area contributed by atoms with Crippen LogP contribution in [0.15, 0.2) is 54.9 Å². The first-order chi connectivity index (χ1) is 9.24. The average Bonchev–Trinajstić information content (AvgIpc) is 2.82. The summed E-state index contributed by atoms with van der Waals surface area (Å²) in [6.45, 7) is 2.06. The monoisotopic (exact) mass is 250 g/mol. The maximum Gasteiger partial charge on any atom is 0.127 e. The fraction of sp³-hybridized carbons (Fsp3) is 0.0667. The van der Waals surface area contributed by atoms with Gasteiger partial charge in [0.15, 0.2) is 0 Å². The Morgan fingerprint density at radius 2 is 1.84 bits per heavy atom. The van der Waals surface area contributed by atoms with Crippen molar-refractivity contribution in [3.63, 3.8) is 0 Å². The molecule has 0 amide bonds. The number of aromatic nitrogens is 3. The molecule has 3 aromatic rings. The van der Waals surface area contributed by atoms with E-state index in [2.05, 4.69) is 29.1 Å². The van der Waals surface area contributed by atoms with E-state index in [9.17, 15) is 0 Å². The first-order valence-electron chi connectivity index (χ1n) is 6.07. The molecule has 2 heterocycles. The van der Waals surface area contributed by atoms with Crippen molar-refractivity contribution in [1.29, 1.82) is 0 Å². The number of nitrogens with zero attached hydrogens (tertiary/aromatic N) is 3. The first-order valence-corrected chi connectivity index (χ1v) is 6.07. The van der Waals surface area contributed by atoms with Crippen molar-refractivity contribution in [2.75, 3.05) is 5.73 Å². The zero-order valence-electron chi connectivity index (χ0n) is 10.6. The minimum Gasteiger partial charge on any atom is -0.384 e. The van der Waals surface area contributed by atoms with Gasteiger partial charge in [0.05, 0.1) is 11.4 Å². The van der Waals surface area contributed by atoms with Gasteiger partial charge in [0.2, 0.25) is 0 Å². The van der Waals surface area contributed by atoms with Crippen molar-refractivity contribution in [3.05, 3.63) is 60.4 Å². The Labute approximate surface area is 111 Å². The van der Waals surface area contributed by atoms with Crippen LogP contribution in [0.3, 0.4) is 0 Å². The topological polar surface area (TPSA) is 56.7 Å². The summed E-state index contributed by atoms with van der Waals surface area (Å²) < 4.78 is 1.72. The summed E-state index contributed by atoms with van der Waals surface area (Å²) >= 11 is 0. The second-order valence-electron chi connectivity index (χ2n) is 4.44. The standard InChI is InChI=1S/C15H14N4/c1-11-3-2-4-12(9-11)14-10-15(16)19(18-14)13-5-7-17-8-6-13/h2-10H,16H2,1H3. The van der Waals surface area contributed by atoms with Crippen molar-refractivity contribution >= 4 is 5.82 Å². The molecule has 0 saturated heterocycles. The number of nitrogens with two attached hydrogens (primary N) is 1. The van der Waals surface area contributed by atoms with Gasteiger partial charge in [0.25, 0.3) is 0 Å². The molecule has 0 aliphatic rings. The van der Waals surface area contributed by atoms with Gasteiger partial charge in [-0.1, -0.05) is 23.8 Å². The highest BCUT2D eigenvalue weighted by Gasteiger charge is 2.08. The number of hydrogen-bond donors (Lipinski definition) is 1. The van der Waals surface area contributed by atoms with E-state index >= 15 is 0 Å². The molecule has 0 spiro atoms. The van der Waals surface area contributed by atoms with Gasteiger partial charge in [-0.3, -0.25) is 4.98 Å². The van der Waals surface area contributed by atoms with E-state index in [1.165, 1.54) is 5.56 Å². The Morgan fingerprint density at radius 1 is 1.05 bits per heavy atom. The minimum absolute atomic E-state index is 0.614. The molecule has 0 aliphatic carbocycles. The molecule has 4 heteroatoms. The van der Waals surface area contributed by atoms with Crippen LogP contribution in [0.2, 0.25) is 0 Å². The van der Waals surface area contributed by atoms with Gasteiger partial charge in [-0.15, -0.1) is 0 Å². The summed E-state index contributed by atoms with van der Waals surface area (Å²) in [7, 11) is 0. The van der Waals surface area contributed by atoms with Gasteiger partial charge in [-0.25, -0.2) is 4.68 Å². The average molecular weight is 250 g/mol. The molecule has 19 heavy (non-hydrogen) atoms. The molecule has 94 valence electrons. The number of pyridine rings is 1. The van der Waals surface area contributed by atoms with Crippen LogP contribution in [0.1, 0.15) is 5.56 Å². The largest absolute Gasteiger partial charge is 0.384 e. The Hall–Kier alpha value is -2.62. The van der Waals surface area contributed by atoms with Crippen LogP contribution in [0.25, 0.3) is 16.9 Å². The summed E-state index contributed by atoms with van der Waals surface area (Å²) in [5.41, 5.74) is 10.1. The predicted molar refractivity (Wildman–Crippen MR) is 75.9 cm³/mol. The molecule has 2 aromatic heterocycles. The molecular weight excluding hydrogens is 236 g/mol. The third-order valence-corrected chi connectivity index (χ3v) is 2.96. The lowest BCUT2D eigenvalue weighted by molar-refractivity contribution is 0.892. The van der Waals surface area contributed by atoms with Crippen LogP contribution >= 0.6 is 0 Å². The van der Waals surface area contributed by atoms with Gasteiger partial charge in [0.1, 0.15) is 5.82 Å². The molecular formula is C15H14N4. The van der Waals surface area contributed by atoms with Gasteiger partial charge in [-0.2, -0.15) is 5.10 Å². The molecule has 0 atom stereocenters. The SMILES string of the molecule is Cc1cccc(-c2cc(N)n(-c3ccncc3)n2)c1. The van der Waals surface area contributed by atoms with E-state index in [-0.39, 0.29) is 0 Å². The quantitative estimate of drug-likeness (QED) is 0.760. The van der Waals surface area contributed by atoms with E-state index in [0.29, 0.717) is 5.82 Å². The Balaban J connectivity index is 2.07. The number of nitrogen functional groups attached to an aromatic ring is 1. The van der Waals surface area contributed by atoms with Crippen molar-refractivity contribution in [2.45, 2.75) is 6.92 Å². The third kappa shape index (κ3) is 2.20. The molecule has 0 bridgehead atoms. The Kier molecular flexibility index (Phi) is 2.76. The summed E-state index contributed by atoms with van der Waals surface area (Å²) in [6, 6.07) is 13.9. The van der Waals surface area contributed by atoms with E-state index in [0.717, 1.165) is 16.9 Å². The highest BCUT2D eigenvalue weighted by molar-refractivity contribution is 5.64. The zero-order chi connectivity index (χ0) is 13.2. The zero-order valence-corrected chi connectivity index (χ0v) is 10.6. The van der Waals surface area contributed by atoms with Crippen LogP contribution in [0.5, 0.6) is 0 Å².